The van der Waals surface area contributed by atoms with Gasteiger partial charge in [-0.25, -0.2) is 4.98 Å². The fraction of sp³-hybridized carbons (Fsp3) is 0.500. The average molecular weight is 238 g/mol. The van der Waals surface area contributed by atoms with E-state index in [9.17, 15) is 9.18 Å². The molecule has 2 rings (SSSR count). The SMILES string of the molecule is O=C(O)C1CCC(Nc2cccc(F)n2)CC1. The maximum absolute atomic E-state index is 12.9. The lowest BCUT2D eigenvalue weighted by molar-refractivity contribution is -0.142. The van der Waals surface area contributed by atoms with Gasteiger partial charge < -0.3 is 10.4 Å². The third kappa shape index (κ3) is 3.15. The molecule has 0 spiro atoms. The molecule has 5 heteroatoms. The molecule has 1 aromatic rings. The van der Waals surface area contributed by atoms with Gasteiger partial charge >= 0.3 is 5.97 Å². The first-order chi connectivity index (χ1) is 8.15. The minimum absolute atomic E-state index is 0.194. The molecule has 0 bridgehead atoms. The van der Waals surface area contributed by atoms with E-state index in [1.807, 2.05) is 0 Å². The molecule has 17 heavy (non-hydrogen) atoms. The van der Waals surface area contributed by atoms with Crippen LogP contribution in [0.15, 0.2) is 18.2 Å². The Balaban J connectivity index is 1.88. The molecule has 2 N–H and O–H groups in total. The van der Waals surface area contributed by atoms with E-state index in [4.69, 9.17) is 5.11 Å². The zero-order valence-corrected chi connectivity index (χ0v) is 9.40. The fourth-order valence-electron chi connectivity index (χ4n) is 2.18. The summed E-state index contributed by atoms with van der Waals surface area (Å²) in [4.78, 5) is 14.5. The normalized spacial score (nSPS) is 24.3. The molecule has 0 aliphatic heterocycles. The first-order valence-electron chi connectivity index (χ1n) is 5.77. The van der Waals surface area contributed by atoms with Crippen molar-refractivity contribution in [2.75, 3.05) is 5.32 Å². The molecule has 1 aliphatic rings. The second kappa shape index (κ2) is 5.12. The Bertz CT molecular complexity index is 403. The van der Waals surface area contributed by atoms with Crippen LogP contribution in [0.5, 0.6) is 0 Å². The van der Waals surface area contributed by atoms with Crippen LogP contribution >= 0.6 is 0 Å². The predicted octanol–water partition coefficient (Wildman–Crippen LogP) is 2.28. The van der Waals surface area contributed by atoms with E-state index in [0.717, 1.165) is 12.8 Å². The molecule has 1 fully saturated rings. The lowest BCUT2D eigenvalue weighted by atomic mass is 9.86. The van der Waals surface area contributed by atoms with E-state index in [1.54, 1.807) is 12.1 Å². The van der Waals surface area contributed by atoms with Gasteiger partial charge in [-0.3, -0.25) is 4.79 Å². The number of hydrogen-bond acceptors (Lipinski definition) is 3. The van der Waals surface area contributed by atoms with Gasteiger partial charge in [0.15, 0.2) is 0 Å². The first kappa shape index (κ1) is 11.8. The summed E-state index contributed by atoms with van der Waals surface area (Å²) in [5.74, 6) is -0.932. The van der Waals surface area contributed by atoms with Gasteiger partial charge in [0.25, 0.3) is 0 Å². The number of hydrogen-bond donors (Lipinski definition) is 2. The second-order valence-electron chi connectivity index (χ2n) is 4.38. The van der Waals surface area contributed by atoms with Crippen molar-refractivity contribution < 1.29 is 14.3 Å². The van der Waals surface area contributed by atoms with Gasteiger partial charge in [0.1, 0.15) is 5.82 Å². The van der Waals surface area contributed by atoms with Crippen LogP contribution in [-0.2, 0) is 4.79 Å². The Morgan fingerprint density at radius 2 is 2.06 bits per heavy atom. The number of pyridine rings is 1. The highest BCUT2D eigenvalue weighted by atomic mass is 19.1. The molecule has 92 valence electrons. The Kier molecular flexibility index (Phi) is 3.56. The quantitative estimate of drug-likeness (QED) is 0.793. The van der Waals surface area contributed by atoms with Crippen LogP contribution in [0.3, 0.4) is 0 Å². The van der Waals surface area contributed by atoms with Crippen LogP contribution in [0.25, 0.3) is 0 Å². The van der Waals surface area contributed by atoms with Crippen molar-refractivity contribution in [3.63, 3.8) is 0 Å². The predicted molar refractivity (Wildman–Crippen MR) is 61.2 cm³/mol. The van der Waals surface area contributed by atoms with Crippen molar-refractivity contribution in [2.24, 2.45) is 5.92 Å². The molecule has 0 radical (unpaired) electrons. The van der Waals surface area contributed by atoms with Crippen LogP contribution in [0.4, 0.5) is 10.2 Å². The summed E-state index contributed by atoms with van der Waals surface area (Å²) in [6, 6.07) is 4.81. The van der Waals surface area contributed by atoms with Gasteiger partial charge in [-0.2, -0.15) is 4.39 Å². The summed E-state index contributed by atoms with van der Waals surface area (Å²) in [7, 11) is 0. The van der Waals surface area contributed by atoms with Gasteiger partial charge in [-0.1, -0.05) is 6.07 Å². The fourth-order valence-corrected chi connectivity index (χ4v) is 2.18. The van der Waals surface area contributed by atoms with Crippen molar-refractivity contribution in [3.8, 4) is 0 Å². The minimum Gasteiger partial charge on any atom is -0.481 e. The van der Waals surface area contributed by atoms with Crippen LogP contribution in [-0.4, -0.2) is 22.1 Å². The molecule has 0 amide bonds. The molecule has 0 unspecified atom stereocenters. The number of rotatable bonds is 3. The molecule has 0 atom stereocenters. The molecule has 1 aromatic heterocycles. The Morgan fingerprint density at radius 3 is 2.65 bits per heavy atom. The van der Waals surface area contributed by atoms with Crippen molar-refractivity contribution in [1.29, 1.82) is 0 Å². The van der Waals surface area contributed by atoms with Crippen LogP contribution in [0.1, 0.15) is 25.7 Å². The van der Waals surface area contributed by atoms with Crippen LogP contribution < -0.4 is 5.32 Å². The molecule has 1 heterocycles. The van der Waals surface area contributed by atoms with Gasteiger partial charge in [0, 0.05) is 6.04 Å². The highest BCUT2D eigenvalue weighted by Crippen LogP contribution is 2.26. The standard InChI is InChI=1S/C12H15FN2O2/c13-10-2-1-3-11(15-10)14-9-6-4-8(5-7-9)12(16)17/h1-3,8-9H,4-7H2,(H,14,15)(H,16,17). The highest BCUT2D eigenvalue weighted by molar-refractivity contribution is 5.70. The van der Waals surface area contributed by atoms with Crippen molar-refractivity contribution in [2.45, 2.75) is 31.7 Å². The number of halogens is 1. The van der Waals surface area contributed by atoms with Crippen LogP contribution in [0, 0.1) is 11.9 Å². The minimum atomic E-state index is -0.715. The summed E-state index contributed by atoms with van der Waals surface area (Å²) in [5, 5.41) is 12.0. The summed E-state index contributed by atoms with van der Waals surface area (Å²) in [6.07, 6.45) is 2.91. The Morgan fingerprint density at radius 1 is 1.35 bits per heavy atom. The summed E-state index contributed by atoms with van der Waals surface area (Å²) < 4.78 is 12.9. The zero-order valence-electron chi connectivity index (χ0n) is 9.40. The second-order valence-corrected chi connectivity index (χ2v) is 4.38. The number of anilines is 1. The molecular weight excluding hydrogens is 223 g/mol. The maximum Gasteiger partial charge on any atom is 0.306 e. The maximum atomic E-state index is 12.9. The topological polar surface area (TPSA) is 62.2 Å². The number of carboxylic acids is 1. The van der Waals surface area contributed by atoms with E-state index >= 15 is 0 Å². The number of carbonyl (C=O) groups is 1. The lowest BCUT2D eigenvalue weighted by Crippen LogP contribution is -2.29. The zero-order chi connectivity index (χ0) is 12.3. The van der Waals surface area contributed by atoms with Crippen LogP contribution in [0.2, 0.25) is 0 Å². The van der Waals surface area contributed by atoms with Crippen molar-refractivity contribution >= 4 is 11.8 Å². The Labute approximate surface area is 98.9 Å². The van der Waals surface area contributed by atoms with Crippen molar-refractivity contribution in [1.82, 2.24) is 4.98 Å². The van der Waals surface area contributed by atoms with Gasteiger partial charge in [-0.05, 0) is 37.8 Å². The number of aromatic nitrogens is 1. The highest BCUT2D eigenvalue weighted by Gasteiger charge is 2.25. The first-order valence-corrected chi connectivity index (χ1v) is 5.77. The lowest BCUT2D eigenvalue weighted by Gasteiger charge is -2.27. The number of carboxylic acid groups (broad SMARTS) is 1. The summed E-state index contributed by atoms with van der Waals surface area (Å²) in [5.41, 5.74) is 0. The van der Waals surface area contributed by atoms with E-state index in [2.05, 4.69) is 10.3 Å². The molecule has 1 saturated carbocycles. The monoisotopic (exact) mass is 238 g/mol. The molecule has 4 nitrogen and oxygen atoms in total. The smallest absolute Gasteiger partial charge is 0.306 e. The van der Waals surface area contributed by atoms with E-state index < -0.39 is 11.9 Å². The average Bonchev–Trinajstić information content (AvgIpc) is 2.29. The van der Waals surface area contributed by atoms with Gasteiger partial charge in [0.2, 0.25) is 5.95 Å². The van der Waals surface area contributed by atoms with E-state index in [-0.39, 0.29) is 12.0 Å². The van der Waals surface area contributed by atoms with E-state index in [0.29, 0.717) is 18.7 Å². The number of nitrogens with one attached hydrogen (secondary N) is 1. The molecule has 0 saturated heterocycles. The van der Waals surface area contributed by atoms with E-state index in [1.165, 1.54) is 6.07 Å². The largest absolute Gasteiger partial charge is 0.481 e. The third-order valence-corrected chi connectivity index (χ3v) is 3.14. The number of nitrogens with zero attached hydrogens (tertiary/aromatic N) is 1. The number of aliphatic carboxylic acids is 1. The van der Waals surface area contributed by atoms with Crippen molar-refractivity contribution in [3.05, 3.63) is 24.1 Å². The summed E-state index contributed by atoms with van der Waals surface area (Å²) >= 11 is 0. The summed E-state index contributed by atoms with van der Waals surface area (Å²) in [6.45, 7) is 0. The molecule has 1 aliphatic carbocycles. The molecular formula is C12H15FN2O2. The molecule has 0 aromatic carbocycles. The third-order valence-electron chi connectivity index (χ3n) is 3.14. The van der Waals surface area contributed by atoms with Gasteiger partial charge in [-0.15, -0.1) is 0 Å². The Hall–Kier alpha value is -1.65. The van der Waals surface area contributed by atoms with Gasteiger partial charge in [0.05, 0.1) is 5.92 Å².